The number of aromatic nitrogens is 4. The van der Waals surface area contributed by atoms with Crippen molar-refractivity contribution in [1.29, 1.82) is 0 Å². The maximum absolute atomic E-state index is 6.64. The summed E-state index contributed by atoms with van der Waals surface area (Å²) in [7, 11) is 0. The minimum atomic E-state index is 0.123. The molecule has 25 heavy (non-hydrogen) atoms. The number of hydrogen-bond acceptors (Lipinski definition) is 3. The Morgan fingerprint density at radius 1 is 1.20 bits per heavy atom. The van der Waals surface area contributed by atoms with Crippen molar-refractivity contribution in [2.45, 2.75) is 64.5 Å². The Hall–Kier alpha value is -1.62. The van der Waals surface area contributed by atoms with Crippen molar-refractivity contribution in [3.05, 3.63) is 24.9 Å². The van der Waals surface area contributed by atoms with E-state index < -0.39 is 0 Å². The number of aromatic amines is 1. The summed E-state index contributed by atoms with van der Waals surface area (Å²) >= 11 is 0. The number of H-pyrrole nitrogens is 1. The zero-order valence-corrected chi connectivity index (χ0v) is 15.3. The van der Waals surface area contributed by atoms with Gasteiger partial charge in [0.2, 0.25) is 0 Å². The van der Waals surface area contributed by atoms with Gasteiger partial charge in [0.25, 0.3) is 0 Å². The molecule has 6 rings (SSSR count). The SMILES string of the molecule is C[C@]12CC3CC(OCCn4ccnc4-c4cnc[nH]4)(C1)C[C@](C)(C3)C2. The van der Waals surface area contributed by atoms with Gasteiger partial charge in [0.1, 0.15) is 5.69 Å². The third-order valence-electron chi connectivity index (χ3n) is 6.77. The molecule has 1 N–H and O–H groups in total. The summed E-state index contributed by atoms with van der Waals surface area (Å²) in [5.41, 5.74) is 2.09. The summed E-state index contributed by atoms with van der Waals surface area (Å²) in [6, 6.07) is 0. The second kappa shape index (κ2) is 5.19. The average molecular weight is 340 g/mol. The molecular formula is C20H28N4O. The lowest BCUT2D eigenvalue weighted by atomic mass is 9.43. The third kappa shape index (κ3) is 2.64. The number of nitrogens with zero attached hydrogens (tertiary/aromatic N) is 3. The van der Waals surface area contributed by atoms with E-state index in [1.165, 1.54) is 38.5 Å². The highest BCUT2D eigenvalue weighted by molar-refractivity contribution is 5.47. The van der Waals surface area contributed by atoms with Crippen LogP contribution in [0.5, 0.6) is 0 Å². The van der Waals surface area contributed by atoms with E-state index in [9.17, 15) is 0 Å². The van der Waals surface area contributed by atoms with Gasteiger partial charge in [-0.3, -0.25) is 0 Å². The maximum Gasteiger partial charge on any atom is 0.158 e. The van der Waals surface area contributed by atoms with Gasteiger partial charge in [0.05, 0.1) is 24.7 Å². The Morgan fingerprint density at radius 2 is 2.00 bits per heavy atom. The summed E-state index contributed by atoms with van der Waals surface area (Å²) in [5.74, 6) is 1.81. The van der Waals surface area contributed by atoms with Crippen molar-refractivity contribution in [2.24, 2.45) is 16.7 Å². The second-order valence-corrected chi connectivity index (χ2v) is 9.57. The number of ether oxygens (including phenoxy) is 1. The number of hydrogen-bond donors (Lipinski definition) is 1. The molecule has 0 radical (unpaired) electrons. The molecule has 2 atom stereocenters. The normalized spacial score (nSPS) is 39.2. The van der Waals surface area contributed by atoms with Crippen LogP contribution in [0, 0.1) is 16.7 Å². The van der Waals surface area contributed by atoms with Gasteiger partial charge in [-0.25, -0.2) is 9.97 Å². The summed E-state index contributed by atoms with van der Waals surface area (Å²) in [6.07, 6.45) is 15.4. The van der Waals surface area contributed by atoms with Gasteiger partial charge in [-0.2, -0.15) is 0 Å². The quantitative estimate of drug-likeness (QED) is 0.894. The van der Waals surface area contributed by atoms with Crippen LogP contribution in [-0.2, 0) is 11.3 Å². The van der Waals surface area contributed by atoms with Crippen molar-refractivity contribution < 1.29 is 4.74 Å². The topological polar surface area (TPSA) is 55.7 Å². The first-order chi connectivity index (χ1) is 12.0. The van der Waals surface area contributed by atoms with E-state index in [1.807, 2.05) is 18.6 Å². The highest BCUT2D eigenvalue weighted by atomic mass is 16.5. The molecule has 134 valence electrons. The predicted octanol–water partition coefficient (Wildman–Crippen LogP) is 4.04. The number of nitrogens with one attached hydrogen (secondary N) is 1. The first-order valence-corrected chi connectivity index (χ1v) is 9.61. The molecule has 0 saturated heterocycles. The van der Waals surface area contributed by atoms with Crippen molar-refractivity contribution in [2.75, 3.05) is 6.61 Å². The molecule has 4 bridgehead atoms. The van der Waals surface area contributed by atoms with E-state index in [4.69, 9.17) is 4.74 Å². The molecule has 0 aromatic carbocycles. The first kappa shape index (κ1) is 15.6. The molecule has 0 unspecified atom stereocenters. The number of imidazole rings is 2. The van der Waals surface area contributed by atoms with Crippen molar-refractivity contribution >= 4 is 0 Å². The van der Waals surface area contributed by atoms with Crippen LogP contribution in [0.25, 0.3) is 11.5 Å². The fraction of sp³-hybridized carbons (Fsp3) is 0.700. The minimum Gasteiger partial charge on any atom is -0.373 e. The van der Waals surface area contributed by atoms with Crippen LogP contribution in [0.1, 0.15) is 52.4 Å². The summed E-state index contributed by atoms with van der Waals surface area (Å²) in [5, 5.41) is 0. The molecule has 4 saturated carbocycles. The molecular weight excluding hydrogens is 312 g/mol. The fourth-order valence-electron chi connectivity index (χ4n) is 6.98. The Balaban J connectivity index is 1.29. The molecule has 2 heterocycles. The smallest absolute Gasteiger partial charge is 0.158 e. The van der Waals surface area contributed by atoms with E-state index in [0.29, 0.717) is 10.8 Å². The van der Waals surface area contributed by atoms with Crippen molar-refractivity contribution in [1.82, 2.24) is 19.5 Å². The summed E-state index contributed by atoms with van der Waals surface area (Å²) in [4.78, 5) is 11.7. The van der Waals surface area contributed by atoms with Crippen LogP contribution in [0.4, 0.5) is 0 Å². The molecule has 5 heteroatoms. The fourth-order valence-corrected chi connectivity index (χ4v) is 6.98. The van der Waals surface area contributed by atoms with Gasteiger partial charge in [-0.05, 0) is 55.3 Å². The van der Waals surface area contributed by atoms with Gasteiger partial charge >= 0.3 is 0 Å². The average Bonchev–Trinajstić information content (AvgIpc) is 3.12. The third-order valence-corrected chi connectivity index (χ3v) is 6.77. The van der Waals surface area contributed by atoms with Gasteiger partial charge < -0.3 is 14.3 Å². The predicted molar refractivity (Wildman–Crippen MR) is 95.9 cm³/mol. The molecule has 4 aliphatic rings. The molecule has 2 aromatic rings. The highest BCUT2D eigenvalue weighted by Crippen LogP contribution is 2.67. The lowest BCUT2D eigenvalue weighted by Gasteiger charge is -2.65. The zero-order chi connectivity index (χ0) is 17.1. The van der Waals surface area contributed by atoms with Crippen LogP contribution >= 0.6 is 0 Å². The summed E-state index contributed by atoms with van der Waals surface area (Å²) in [6.45, 7) is 6.60. The Kier molecular flexibility index (Phi) is 3.25. The molecule has 5 nitrogen and oxygen atoms in total. The van der Waals surface area contributed by atoms with Crippen LogP contribution in [0.15, 0.2) is 24.9 Å². The standard InChI is InChI=1S/C20H28N4O/c1-18-7-15-8-19(2,11-18)13-20(9-15,12-18)25-6-5-24-4-3-22-17(24)16-10-21-14-23-16/h3-4,10,14-15H,5-9,11-13H2,1-2H3,(H,21,23)/t15?,18-,19-,20?/m1/s1. The molecule has 0 amide bonds. The van der Waals surface area contributed by atoms with Gasteiger partial charge in [0, 0.05) is 18.9 Å². The van der Waals surface area contributed by atoms with Gasteiger partial charge in [-0.15, -0.1) is 0 Å². The van der Waals surface area contributed by atoms with E-state index in [1.54, 1.807) is 6.33 Å². The minimum absolute atomic E-state index is 0.123. The van der Waals surface area contributed by atoms with E-state index in [0.717, 1.165) is 30.6 Å². The van der Waals surface area contributed by atoms with Gasteiger partial charge in [-0.1, -0.05) is 13.8 Å². The molecule has 0 spiro atoms. The molecule has 0 aliphatic heterocycles. The van der Waals surface area contributed by atoms with Crippen LogP contribution in [-0.4, -0.2) is 31.7 Å². The van der Waals surface area contributed by atoms with E-state index >= 15 is 0 Å². The largest absolute Gasteiger partial charge is 0.373 e. The zero-order valence-electron chi connectivity index (χ0n) is 15.3. The van der Waals surface area contributed by atoms with Crippen LogP contribution in [0.3, 0.4) is 0 Å². The molecule has 4 aliphatic carbocycles. The van der Waals surface area contributed by atoms with E-state index in [-0.39, 0.29) is 5.60 Å². The summed E-state index contributed by atoms with van der Waals surface area (Å²) < 4.78 is 8.81. The highest BCUT2D eigenvalue weighted by Gasteiger charge is 2.60. The Bertz CT molecular complexity index is 747. The van der Waals surface area contributed by atoms with Crippen LogP contribution in [0.2, 0.25) is 0 Å². The van der Waals surface area contributed by atoms with Crippen LogP contribution < -0.4 is 0 Å². The molecule has 2 aromatic heterocycles. The Labute approximate surface area is 149 Å². The van der Waals surface area contributed by atoms with Crippen molar-refractivity contribution in [3.63, 3.8) is 0 Å². The first-order valence-electron chi connectivity index (χ1n) is 9.61. The Morgan fingerprint density at radius 3 is 2.68 bits per heavy atom. The maximum atomic E-state index is 6.64. The monoisotopic (exact) mass is 340 g/mol. The number of rotatable bonds is 5. The second-order valence-electron chi connectivity index (χ2n) is 9.57. The van der Waals surface area contributed by atoms with Crippen molar-refractivity contribution in [3.8, 4) is 11.5 Å². The molecule has 4 fully saturated rings. The van der Waals surface area contributed by atoms with E-state index in [2.05, 4.69) is 33.4 Å². The van der Waals surface area contributed by atoms with Gasteiger partial charge in [0.15, 0.2) is 5.82 Å². The lowest BCUT2D eigenvalue weighted by molar-refractivity contribution is -0.215. The lowest BCUT2D eigenvalue weighted by Crippen LogP contribution is -2.59.